The highest BCUT2D eigenvalue weighted by atomic mass is 16.5. The van der Waals surface area contributed by atoms with E-state index >= 15 is 0 Å². The van der Waals surface area contributed by atoms with Crippen LogP contribution in [0.5, 0.6) is 23.1 Å². The number of phenolic OH excluding ortho intramolecular Hbond substituents is 2. The number of allylic oxidation sites excluding steroid dienone is 4. The topological polar surface area (TPSA) is 132 Å². The van der Waals surface area contributed by atoms with Gasteiger partial charge in [-0.1, -0.05) is 23.3 Å². The third kappa shape index (κ3) is 5.22. The number of hydrogen-bond donors (Lipinski definition) is 5. The monoisotopic (exact) mass is 521 g/mol. The molecule has 0 bridgehead atoms. The minimum Gasteiger partial charge on any atom is -0.508 e. The fraction of sp³-hybridized carbons (Fsp3) is 0.367. The molecule has 202 valence electrons. The molecule has 2 atom stereocenters. The lowest BCUT2D eigenvalue weighted by atomic mass is 9.84. The van der Waals surface area contributed by atoms with Crippen LogP contribution in [-0.2, 0) is 6.42 Å². The van der Waals surface area contributed by atoms with Gasteiger partial charge in [0, 0.05) is 23.6 Å². The van der Waals surface area contributed by atoms with Crippen LogP contribution >= 0.6 is 0 Å². The molecule has 1 aliphatic rings. The first kappa shape index (κ1) is 27.1. The molecule has 8 nitrogen and oxygen atoms in total. The van der Waals surface area contributed by atoms with Crippen LogP contribution in [0.1, 0.15) is 69.3 Å². The van der Waals surface area contributed by atoms with Crippen LogP contribution in [0.3, 0.4) is 0 Å². The highest BCUT2D eigenvalue weighted by molar-refractivity contribution is 5.97. The summed E-state index contributed by atoms with van der Waals surface area (Å²) in [5.41, 5.74) is 2.06. The summed E-state index contributed by atoms with van der Waals surface area (Å²) < 4.78 is 7.65. The molecule has 4 rings (SSSR count). The van der Waals surface area contributed by atoms with Gasteiger partial charge in [-0.05, 0) is 77.6 Å². The van der Waals surface area contributed by atoms with Gasteiger partial charge in [0.1, 0.15) is 22.8 Å². The Balaban J connectivity index is 1.68. The molecule has 0 amide bonds. The summed E-state index contributed by atoms with van der Waals surface area (Å²) in [5.74, 6) is -1.47. The molecular weight excluding hydrogens is 486 g/mol. The second kappa shape index (κ2) is 10.5. The van der Waals surface area contributed by atoms with Crippen molar-refractivity contribution in [2.24, 2.45) is 0 Å². The van der Waals surface area contributed by atoms with E-state index in [1.54, 1.807) is 0 Å². The minimum atomic E-state index is -1.17. The molecule has 3 aromatic rings. The summed E-state index contributed by atoms with van der Waals surface area (Å²) in [7, 11) is 0. The zero-order chi connectivity index (χ0) is 27.8. The summed E-state index contributed by atoms with van der Waals surface area (Å²) in [4.78, 5) is 11.5. The van der Waals surface area contributed by atoms with Crippen molar-refractivity contribution in [3.63, 3.8) is 0 Å². The Labute approximate surface area is 221 Å². The molecule has 0 saturated carbocycles. The van der Waals surface area contributed by atoms with Crippen molar-refractivity contribution in [2.45, 2.75) is 71.5 Å². The number of rotatable bonds is 8. The number of carboxylic acid groups (broad SMARTS) is 1. The fourth-order valence-corrected chi connectivity index (χ4v) is 4.91. The zero-order valence-electron chi connectivity index (χ0n) is 22.2. The summed E-state index contributed by atoms with van der Waals surface area (Å²) in [5, 5.41) is 53.2. The molecule has 2 unspecified atom stereocenters. The van der Waals surface area contributed by atoms with E-state index in [1.807, 2.05) is 6.92 Å². The van der Waals surface area contributed by atoms with E-state index < -0.39 is 17.7 Å². The molecule has 0 saturated heterocycles. The van der Waals surface area contributed by atoms with E-state index in [0.717, 1.165) is 12.8 Å². The standard InChI is InChI=1S/C30H35NO7/c1-17(2)7-5-8-18(3)9-6-12-30(4)26(34)15-21-25(33)14-20-22(27(21)38-30)16-31(28(20)35)23-13-19(29(36)37)10-11-24(23)32/h7,9-11,13-14,16,26,32-35H,5-6,8,12,15H2,1-4H3,(H,36,37). The van der Waals surface area contributed by atoms with Crippen LogP contribution in [0.2, 0.25) is 0 Å². The van der Waals surface area contributed by atoms with Crippen molar-refractivity contribution < 1.29 is 35.1 Å². The summed E-state index contributed by atoms with van der Waals surface area (Å²) in [6.07, 6.45) is 8.41. The van der Waals surface area contributed by atoms with Gasteiger partial charge in [0.15, 0.2) is 0 Å². The lowest BCUT2D eigenvalue weighted by Gasteiger charge is -2.40. The van der Waals surface area contributed by atoms with E-state index in [1.165, 1.54) is 46.2 Å². The molecule has 2 heterocycles. The predicted octanol–water partition coefficient (Wildman–Crippen LogP) is 5.97. The Bertz CT molecular complexity index is 1440. The Morgan fingerprint density at radius 3 is 2.50 bits per heavy atom. The number of aliphatic hydroxyl groups excluding tert-OH is 1. The zero-order valence-corrected chi connectivity index (χ0v) is 22.2. The molecule has 0 fully saturated rings. The highest BCUT2D eigenvalue weighted by Crippen LogP contribution is 2.48. The Morgan fingerprint density at radius 2 is 1.82 bits per heavy atom. The average Bonchev–Trinajstić information content (AvgIpc) is 3.16. The van der Waals surface area contributed by atoms with E-state index in [0.29, 0.717) is 29.5 Å². The number of aliphatic hydroxyl groups is 1. The van der Waals surface area contributed by atoms with Crippen molar-refractivity contribution in [3.8, 4) is 28.8 Å². The van der Waals surface area contributed by atoms with Gasteiger partial charge in [0.2, 0.25) is 5.88 Å². The first-order chi connectivity index (χ1) is 17.9. The summed E-state index contributed by atoms with van der Waals surface area (Å²) >= 11 is 0. The van der Waals surface area contributed by atoms with Crippen LogP contribution in [0.25, 0.3) is 16.5 Å². The summed E-state index contributed by atoms with van der Waals surface area (Å²) in [6.45, 7) is 8.09. The van der Waals surface area contributed by atoms with E-state index in [9.17, 15) is 30.3 Å². The van der Waals surface area contributed by atoms with Crippen molar-refractivity contribution in [1.29, 1.82) is 0 Å². The number of fused-ring (bicyclic) bond motifs is 3. The van der Waals surface area contributed by atoms with Crippen LogP contribution < -0.4 is 4.74 Å². The normalized spacial score (nSPS) is 19.2. The first-order valence-electron chi connectivity index (χ1n) is 12.7. The van der Waals surface area contributed by atoms with E-state index in [4.69, 9.17) is 4.74 Å². The molecule has 0 spiro atoms. The van der Waals surface area contributed by atoms with E-state index in [-0.39, 0.29) is 40.4 Å². The molecule has 8 heteroatoms. The number of phenols is 2. The average molecular weight is 522 g/mol. The number of aromatic carboxylic acids is 1. The number of aromatic hydroxyl groups is 3. The van der Waals surface area contributed by atoms with Crippen molar-refractivity contribution in [3.05, 3.63) is 64.9 Å². The van der Waals surface area contributed by atoms with Gasteiger partial charge < -0.3 is 30.3 Å². The SMILES string of the molecule is CC(C)=CCCC(C)=CCCC1(C)Oc2c(c(O)cc3c(O)n(-c4cc(C(=O)O)ccc4O)cc23)CC1O. The molecule has 0 aliphatic carbocycles. The van der Waals surface area contributed by atoms with Crippen LogP contribution in [-0.4, -0.2) is 47.8 Å². The van der Waals surface area contributed by atoms with Gasteiger partial charge in [-0.15, -0.1) is 0 Å². The largest absolute Gasteiger partial charge is 0.508 e. The molecular formula is C30H35NO7. The number of nitrogens with zero attached hydrogens (tertiary/aromatic N) is 1. The van der Waals surface area contributed by atoms with Gasteiger partial charge in [-0.3, -0.25) is 4.57 Å². The fourth-order valence-electron chi connectivity index (χ4n) is 4.91. The van der Waals surface area contributed by atoms with Crippen LogP contribution in [0, 0.1) is 0 Å². The van der Waals surface area contributed by atoms with Gasteiger partial charge in [-0.2, -0.15) is 0 Å². The van der Waals surface area contributed by atoms with Gasteiger partial charge >= 0.3 is 5.97 Å². The molecule has 1 aromatic heterocycles. The Morgan fingerprint density at radius 1 is 1.08 bits per heavy atom. The maximum absolute atomic E-state index is 11.5. The Hall–Kier alpha value is -3.91. The predicted molar refractivity (Wildman–Crippen MR) is 146 cm³/mol. The molecule has 0 radical (unpaired) electrons. The minimum absolute atomic E-state index is 0.0593. The molecule has 5 N–H and O–H groups in total. The Kier molecular flexibility index (Phi) is 7.47. The van der Waals surface area contributed by atoms with Gasteiger partial charge in [0.05, 0.1) is 22.7 Å². The number of carboxylic acids is 1. The summed E-state index contributed by atoms with van der Waals surface area (Å²) in [6, 6.07) is 5.15. The van der Waals surface area contributed by atoms with Gasteiger partial charge in [-0.25, -0.2) is 4.79 Å². The quantitative estimate of drug-likeness (QED) is 0.231. The number of aromatic nitrogens is 1. The number of benzene rings is 2. The lowest BCUT2D eigenvalue weighted by Crippen LogP contribution is -2.48. The van der Waals surface area contributed by atoms with Crippen LogP contribution in [0.15, 0.2) is 53.8 Å². The third-order valence-corrected chi connectivity index (χ3v) is 7.27. The maximum atomic E-state index is 11.5. The van der Waals surface area contributed by atoms with Crippen molar-refractivity contribution in [2.75, 3.05) is 0 Å². The second-order valence-electron chi connectivity index (χ2n) is 10.5. The number of hydrogen-bond acceptors (Lipinski definition) is 6. The highest BCUT2D eigenvalue weighted by Gasteiger charge is 2.41. The molecule has 38 heavy (non-hydrogen) atoms. The van der Waals surface area contributed by atoms with Crippen LogP contribution in [0.4, 0.5) is 0 Å². The second-order valence-corrected chi connectivity index (χ2v) is 10.5. The lowest BCUT2D eigenvalue weighted by molar-refractivity contribution is -0.0581. The number of ether oxygens (including phenoxy) is 1. The maximum Gasteiger partial charge on any atom is 0.335 e. The van der Waals surface area contributed by atoms with Crippen molar-refractivity contribution >= 4 is 16.7 Å². The first-order valence-corrected chi connectivity index (χ1v) is 12.7. The molecule has 2 aromatic carbocycles. The third-order valence-electron chi connectivity index (χ3n) is 7.27. The molecule has 1 aliphatic heterocycles. The van der Waals surface area contributed by atoms with Gasteiger partial charge in [0.25, 0.3) is 0 Å². The smallest absolute Gasteiger partial charge is 0.335 e. The van der Waals surface area contributed by atoms with Crippen molar-refractivity contribution in [1.82, 2.24) is 4.57 Å². The number of carbonyl (C=O) groups is 1. The van der Waals surface area contributed by atoms with E-state index in [2.05, 4.69) is 32.9 Å².